The number of H-pyrrole nitrogens is 1. The van der Waals surface area contributed by atoms with Crippen LogP contribution in [0.1, 0.15) is 23.7 Å². The highest BCUT2D eigenvalue weighted by Crippen LogP contribution is 2.43. The van der Waals surface area contributed by atoms with Gasteiger partial charge in [0.1, 0.15) is 17.3 Å². The first-order chi connectivity index (χ1) is 13.2. The number of nitrogens with zero attached hydrogens (tertiary/aromatic N) is 3. The number of anilines is 1. The molecule has 3 aromatic heterocycles. The van der Waals surface area contributed by atoms with Crippen molar-refractivity contribution in [1.82, 2.24) is 20.0 Å². The van der Waals surface area contributed by atoms with Crippen LogP contribution in [-0.2, 0) is 11.8 Å². The van der Waals surface area contributed by atoms with Gasteiger partial charge in [-0.3, -0.25) is 14.6 Å². The summed E-state index contributed by atoms with van der Waals surface area (Å²) in [4.78, 5) is 12.3. The first-order valence-corrected chi connectivity index (χ1v) is 8.72. The molecule has 7 nitrogen and oxygen atoms in total. The summed E-state index contributed by atoms with van der Waals surface area (Å²) >= 11 is 0. The lowest BCUT2D eigenvalue weighted by atomic mass is 9.88. The molecule has 0 aliphatic carbocycles. The lowest BCUT2D eigenvalue weighted by Crippen LogP contribution is -2.24. The van der Waals surface area contributed by atoms with Crippen molar-refractivity contribution in [3.63, 3.8) is 0 Å². The van der Waals surface area contributed by atoms with Crippen LogP contribution in [0.15, 0.2) is 59.1 Å². The Hall–Kier alpha value is -3.61. The number of amides is 1. The summed E-state index contributed by atoms with van der Waals surface area (Å²) in [5, 5.41) is 14.5. The second-order valence-electron chi connectivity index (χ2n) is 6.58. The number of aromatic amines is 1. The zero-order valence-electron chi connectivity index (χ0n) is 14.6. The predicted molar refractivity (Wildman–Crippen MR) is 100 cm³/mol. The minimum absolute atomic E-state index is 0.0467. The van der Waals surface area contributed by atoms with Gasteiger partial charge in [-0.2, -0.15) is 10.2 Å². The molecule has 0 spiro atoms. The monoisotopic (exact) mass is 359 g/mol. The molecule has 27 heavy (non-hydrogen) atoms. The van der Waals surface area contributed by atoms with E-state index in [4.69, 9.17) is 4.42 Å². The van der Waals surface area contributed by atoms with E-state index in [9.17, 15) is 4.79 Å². The van der Waals surface area contributed by atoms with Crippen LogP contribution in [-0.4, -0.2) is 25.9 Å². The van der Waals surface area contributed by atoms with Crippen LogP contribution < -0.4 is 5.32 Å². The average Bonchev–Trinajstić information content (AvgIpc) is 3.42. The minimum atomic E-state index is -0.200. The largest absolute Gasteiger partial charge is 0.459 e. The van der Waals surface area contributed by atoms with E-state index in [1.807, 2.05) is 55.6 Å². The zero-order chi connectivity index (χ0) is 18.4. The lowest BCUT2D eigenvalue weighted by Gasteiger charge is -2.22. The van der Waals surface area contributed by atoms with Gasteiger partial charge in [-0.1, -0.05) is 30.3 Å². The molecule has 2 N–H and O–H groups in total. The van der Waals surface area contributed by atoms with Crippen molar-refractivity contribution in [2.24, 2.45) is 7.05 Å². The summed E-state index contributed by atoms with van der Waals surface area (Å²) in [5.41, 5.74) is 3.65. The number of fused-ring (bicyclic) bond motifs is 1. The molecule has 0 saturated carbocycles. The van der Waals surface area contributed by atoms with E-state index in [0.717, 1.165) is 34.1 Å². The smallest absolute Gasteiger partial charge is 0.226 e. The standard InChI is InChI=1S/C20H17N5O2/c1-25-20-18(19(24-25)12-5-3-2-4-6-12)13(11-17(26)22-20)15-7-8-16(27-15)14-9-10-21-23-14/h2-10,13H,11H2,1H3,(H,21,23)(H,22,26)/t13-/m1/s1. The highest BCUT2D eigenvalue weighted by molar-refractivity contribution is 5.96. The number of rotatable bonds is 3. The Bertz CT molecular complexity index is 1110. The van der Waals surface area contributed by atoms with E-state index in [-0.39, 0.29) is 11.8 Å². The van der Waals surface area contributed by atoms with Gasteiger partial charge in [-0.15, -0.1) is 0 Å². The molecule has 7 heteroatoms. The van der Waals surface area contributed by atoms with Crippen molar-refractivity contribution in [2.45, 2.75) is 12.3 Å². The van der Waals surface area contributed by atoms with Crippen molar-refractivity contribution >= 4 is 11.7 Å². The summed E-state index contributed by atoms with van der Waals surface area (Å²) in [6, 6.07) is 15.6. The third kappa shape index (κ3) is 2.55. The van der Waals surface area contributed by atoms with E-state index in [0.29, 0.717) is 12.2 Å². The number of hydrogen-bond acceptors (Lipinski definition) is 4. The molecule has 4 aromatic rings. The van der Waals surface area contributed by atoms with E-state index in [1.165, 1.54) is 0 Å². The quantitative estimate of drug-likeness (QED) is 0.585. The Balaban J connectivity index is 1.65. The molecule has 0 fully saturated rings. The first kappa shape index (κ1) is 15.6. The van der Waals surface area contributed by atoms with Crippen LogP contribution in [0, 0.1) is 0 Å². The van der Waals surface area contributed by atoms with Gasteiger partial charge in [0.25, 0.3) is 0 Å². The molecule has 1 atom stereocenters. The van der Waals surface area contributed by atoms with Crippen LogP contribution in [0.25, 0.3) is 22.7 Å². The Morgan fingerprint density at radius 3 is 2.78 bits per heavy atom. The van der Waals surface area contributed by atoms with Crippen LogP contribution in [0.5, 0.6) is 0 Å². The van der Waals surface area contributed by atoms with Gasteiger partial charge in [-0.25, -0.2) is 0 Å². The summed E-state index contributed by atoms with van der Waals surface area (Å²) in [6.07, 6.45) is 1.99. The second-order valence-corrected chi connectivity index (χ2v) is 6.58. The number of aryl methyl sites for hydroxylation is 1. The van der Waals surface area contributed by atoms with Crippen LogP contribution in [0.2, 0.25) is 0 Å². The summed E-state index contributed by atoms with van der Waals surface area (Å²) in [7, 11) is 1.84. The van der Waals surface area contributed by atoms with Crippen molar-refractivity contribution in [3.8, 4) is 22.7 Å². The summed E-state index contributed by atoms with van der Waals surface area (Å²) < 4.78 is 7.81. The van der Waals surface area contributed by atoms with E-state index >= 15 is 0 Å². The number of hydrogen-bond donors (Lipinski definition) is 2. The van der Waals surface area contributed by atoms with Crippen LogP contribution in [0.4, 0.5) is 5.82 Å². The fourth-order valence-corrected chi connectivity index (χ4v) is 3.62. The molecule has 0 bridgehead atoms. The van der Waals surface area contributed by atoms with Gasteiger partial charge in [-0.05, 0) is 18.2 Å². The average molecular weight is 359 g/mol. The molecular weight excluding hydrogens is 342 g/mol. The fourth-order valence-electron chi connectivity index (χ4n) is 3.62. The van der Waals surface area contributed by atoms with Crippen LogP contribution in [0.3, 0.4) is 0 Å². The van der Waals surface area contributed by atoms with Crippen molar-refractivity contribution < 1.29 is 9.21 Å². The third-order valence-corrected chi connectivity index (χ3v) is 4.86. The Morgan fingerprint density at radius 2 is 2.00 bits per heavy atom. The van der Waals surface area contributed by atoms with Gasteiger partial charge >= 0.3 is 0 Å². The normalized spacial score (nSPS) is 16.2. The second kappa shape index (κ2) is 5.98. The first-order valence-electron chi connectivity index (χ1n) is 8.72. The Kier molecular flexibility index (Phi) is 3.46. The Morgan fingerprint density at radius 1 is 1.15 bits per heavy atom. The molecule has 134 valence electrons. The molecule has 4 heterocycles. The lowest BCUT2D eigenvalue weighted by molar-refractivity contribution is -0.116. The zero-order valence-corrected chi connectivity index (χ0v) is 14.6. The maximum Gasteiger partial charge on any atom is 0.226 e. The SMILES string of the molecule is Cn1nc(-c2ccccc2)c2c1NC(=O)C[C@@H]2c1ccc(-c2ccn[nH]2)o1. The maximum atomic E-state index is 12.3. The highest BCUT2D eigenvalue weighted by Gasteiger charge is 2.35. The van der Waals surface area contributed by atoms with Crippen molar-refractivity contribution in [3.05, 3.63) is 66.1 Å². The number of aromatic nitrogens is 4. The van der Waals surface area contributed by atoms with Gasteiger partial charge in [0.05, 0.1) is 11.6 Å². The number of carbonyl (C=O) groups is 1. The highest BCUT2D eigenvalue weighted by atomic mass is 16.3. The molecule has 0 radical (unpaired) electrons. The summed E-state index contributed by atoms with van der Waals surface area (Å²) in [5.74, 6) is 1.90. The number of furan rings is 1. The molecule has 1 amide bonds. The molecule has 0 saturated heterocycles. The Labute approximate surface area is 155 Å². The molecule has 1 aliphatic heterocycles. The molecule has 5 rings (SSSR count). The molecule has 0 unspecified atom stereocenters. The molecule has 1 aromatic carbocycles. The van der Waals surface area contributed by atoms with Gasteiger partial charge in [0.2, 0.25) is 5.91 Å². The third-order valence-electron chi connectivity index (χ3n) is 4.86. The minimum Gasteiger partial charge on any atom is -0.459 e. The summed E-state index contributed by atoms with van der Waals surface area (Å²) in [6.45, 7) is 0. The van der Waals surface area contributed by atoms with E-state index in [1.54, 1.807) is 10.9 Å². The fraction of sp³-hybridized carbons (Fsp3) is 0.150. The van der Waals surface area contributed by atoms with E-state index < -0.39 is 0 Å². The molecular formula is C20H17N5O2. The number of carbonyl (C=O) groups excluding carboxylic acids is 1. The van der Waals surface area contributed by atoms with E-state index in [2.05, 4.69) is 20.6 Å². The number of benzene rings is 1. The number of nitrogens with one attached hydrogen (secondary N) is 2. The topological polar surface area (TPSA) is 88.7 Å². The van der Waals surface area contributed by atoms with Gasteiger partial charge in [0, 0.05) is 30.8 Å². The maximum absolute atomic E-state index is 12.3. The van der Waals surface area contributed by atoms with Gasteiger partial charge in [0.15, 0.2) is 5.76 Å². The van der Waals surface area contributed by atoms with Crippen LogP contribution >= 0.6 is 0 Å². The van der Waals surface area contributed by atoms with Crippen molar-refractivity contribution in [2.75, 3.05) is 5.32 Å². The van der Waals surface area contributed by atoms with Gasteiger partial charge < -0.3 is 9.73 Å². The predicted octanol–water partition coefficient (Wildman–Crippen LogP) is 3.54. The van der Waals surface area contributed by atoms with Crippen molar-refractivity contribution in [1.29, 1.82) is 0 Å². The molecule has 1 aliphatic rings.